The van der Waals surface area contributed by atoms with Gasteiger partial charge in [0.15, 0.2) is 0 Å². The van der Waals surface area contributed by atoms with Gasteiger partial charge in [0, 0.05) is 42.2 Å². The van der Waals surface area contributed by atoms with Crippen molar-refractivity contribution in [2.45, 2.75) is 0 Å². The van der Waals surface area contributed by atoms with Crippen LogP contribution in [0.25, 0.3) is 33.8 Å². The molecule has 0 atom stereocenters. The monoisotopic (exact) mass is 360 g/mol. The van der Waals surface area contributed by atoms with E-state index in [0.717, 1.165) is 40.4 Å². The molecular formula is C20H20N6O. The van der Waals surface area contributed by atoms with Gasteiger partial charge in [-0.25, -0.2) is 9.97 Å². The van der Waals surface area contributed by atoms with Gasteiger partial charge in [0.2, 0.25) is 0 Å². The van der Waals surface area contributed by atoms with E-state index in [9.17, 15) is 4.79 Å². The van der Waals surface area contributed by atoms with Gasteiger partial charge in [0.1, 0.15) is 11.6 Å². The van der Waals surface area contributed by atoms with E-state index in [0.29, 0.717) is 12.1 Å². The Kier molecular flexibility index (Phi) is 4.67. The highest BCUT2D eigenvalue weighted by Gasteiger charge is 2.13. The number of amides is 1. The summed E-state index contributed by atoms with van der Waals surface area (Å²) in [6, 6.07) is 13.4. The van der Waals surface area contributed by atoms with Crippen molar-refractivity contribution < 1.29 is 4.79 Å². The van der Waals surface area contributed by atoms with Crippen LogP contribution in [0.3, 0.4) is 0 Å². The molecule has 0 bridgehead atoms. The molecule has 2 heterocycles. The Hall–Kier alpha value is -3.45. The number of nitrogens with one attached hydrogen (secondary N) is 4. The second kappa shape index (κ2) is 7.43. The molecule has 7 heteroatoms. The van der Waals surface area contributed by atoms with Crippen molar-refractivity contribution in [3.8, 4) is 22.8 Å². The van der Waals surface area contributed by atoms with E-state index in [1.807, 2.05) is 43.4 Å². The highest BCUT2D eigenvalue weighted by Crippen LogP contribution is 2.29. The first-order valence-electron chi connectivity index (χ1n) is 8.78. The number of hydrogen-bond donors (Lipinski definition) is 4. The fraction of sp³-hybridized carbons (Fsp3) is 0.150. The zero-order valence-corrected chi connectivity index (χ0v) is 14.9. The highest BCUT2D eigenvalue weighted by molar-refractivity contribution is 5.97. The number of carbonyl (C=O) groups is 1. The Morgan fingerprint density at radius 3 is 2.63 bits per heavy atom. The fourth-order valence-electron chi connectivity index (χ4n) is 2.99. The summed E-state index contributed by atoms with van der Waals surface area (Å²) < 4.78 is 0. The SMILES string of the molecule is CNCCNC(=O)c1ccc2nc(-c3ccccc3-c3ncc[nH]3)[nH]c2c1. The normalized spacial score (nSPS) is 11.0. The Morgan fingerprint density at radius 1 is 1.07 bits per heavy atom. The van der Waals surface area contributed by atoms with Crippen LogP contribution in [-0.2, 0) is 0 Å². The molecule has 27 heavy (non-hydrogen) atoms. The summed E-state index contributed by atoms with van der Waals surface area (Å²) in [7, 11) is 1.85. The van der Waals surface area contributed by atoms with Crippen molar-refractivity contribution in [2.24, 2.45) is 0 Å². The van der Waals surface area contributed by atoms with Crippen LogP contribution in [0.5, 0.6) is 0 Å². The van der Waals surface area contributed by atoms with Gasteiger partial charge in [-0.15, -0.1) is 0 Å². The van der Waals surface area contributed by atoms with Gasteiger partial charge in [0.05, 0.1) is 11.0 Å². The van der Waals surface area contributed by atoms with E-state index in [1.165, 1.54) is 0 Å². The van der Waals surface area contributed by atoms with E-state index >= 15 is 0 Å². The van der Waals surface area contributed by atoms with Crippen LogP contribution in [0, 0.1) is 0 Å². The lowest BCUT2D eigenvalue weighted by atomic mass is 10.1. The smallest absolute Gasteiger partial charge is 0.251 e. The molecule has 0 spiro atoms. The summed E-state index contributed by atoms with van der Waals surface area (Å²) in [6.45, 7) is 1.31. The van der Waals surface area contributed by atoms with Gasteiger partial charge in [-0.3, -0.25) is 4.79 Å². The first kappa shape index (κ1) is 17.0. The molecule has 0 saturated carbocycles. The number of aromatic nitrogens is 4. The molecule has 0 saturated heterocycles. The van der Waals surface area contributed by atoms with E-state index < -0.39 is 0 Å². The third kappa shape index (κ3) is 3.45. The summed E-state index contributed by atoms with van der Waals surface area (Å²) in [6.07, 6.45) is 3.52. The third-order valence-corrected chi connectivity index (χ3v) is 4.34. The maximum absolute atomic E-state index is 12.3. The summed E-state index contributed by atoms with van der Waals surface area (Å²) in [5.41, 5.74) is 4.15. The molecule has 2 aromatic heterocycles. The molecule has 0 aliphatic heterocycles. The number of carbonyl (C=O) groups excluding carboxylic acids is 1. The molecule has 4 rings (SSSR count). The predicted molar refractivity (Wildman–Crippen MR) is 105 cm³/mol. The van der Waals surface area contributed by atoms with Crippen molar-refractivity contribution in [1.82, 2.24) is 30.6 Å². The number of fused-ring (bicyclic) bond motifs is 1. The summed E-state index contributed by atoms with van der Waals surface area (Å²) in [5, 5.41) is 5.89. The van der Waals surface area contributed by atoms with Crippen molar-refractivity contribution in [2.75, 3.05) is 20.1 Å². The predicted octanol–water partition coefficient (Wildman–Crippen LogP) is 2.57. The first-order chi connectivity index (χ1) is 13.3. The minimum atomic E-state index is -0.0979. The minimum Gasteiger partial charge on any atom is -0.351 e. The fourth-order valence-corrected chi connectivity index (χ4v) is 2.99. The van der Waals surface area contributed by atoms with Crippen LogP contribution in [-0.4, -0.2) is 46.0 Å². The third-order valence-electron chi connectivity index (χ3n) is 4.34. The van der Waals surface area contributed by atoms with Crippen LogP contribution in [0.1, 0.15) is 10.4 Å². The van der Waals surface area contributed by atoms with Crippen molar-refractivity contribution in [1.29, 1.82) is 0 Å². The van der Waals surface area contributed by atoms with E-state index in [4.69, 9.17) is 4.98 Å². The zero-order chi connectivity index (χ0) is 18.6. The Bertz CT molecular complexity index is 1070. The largest absolute Gasteiger partial charge is 0.351 e. The van der Waals surface area contributed by atoms with Crippen LogP contribution in [0.15, 0.2) is 54.9 Å². The highest BCUT2D eigenvalue weighted by atomic mass is 16.1. The maximum atomic E-state index is 12.3. The van der Waals surface area contributed by atoms with E-state index in [-0.39, 0.29) is 5.91 Å². The maximum Gasteiger partial charge on any atom is 0.251 e. The molecule has 7 nitrogen and oxygen atoms in total. The lowest BCUT2D eigenvalue weighted by Gasteiger charge is -2.04. The molecule has 2 aromatic carbocycles. The Labute approximate surface area is 156 Å². The van der Waals surface area contributed by atoms with E-state index in [1.54, 1.807) is 18.5 Å². The Balaban J connectivity index is 1.68. The zero-order valence-electron chi connectivity index (χ0n) is 14.9. The van der Waals surface area contributed by atoms with Crippen LogP contribution >= 0.6 is 0 Å². The number of H-pyrrole nitrogens is 2. The number of likely N-dealkylation sites (N-methyl/N-ethyl adjacent to an activating group) is 1. The van der Waals surface area contributed by atoms with Gasteiger partial charge in [-0.2, -0.15) is 0 Å². The second-order valence-electron chi connectivity index (χ2n) is 6.16. The van der Waals surface area contributed by atoms with Gasteiger partial charge in [-0.1, -0.05) is 24.3 Å². The van der Waals surface area contributed by atoms with Gasteiger partial charge in [0.25, 0.3) is 5.91 Å². The Morgan fingerprint density at radius 2 is 1.89 bits per heavy atom. The number of rotatable bonds is 6. The first-order valence-corrected chi connectivity index (χ1v) is 8.78. The standard InChI is InChI=1S/C20H20N6O/c1-21-8-9-24-20(27)13-6-7-16-17(12-13)26-19(25-16)15-5-3-2-4-14(15)18-22-10-11-23-18/h2-7,10-12,21H,8-9H2,1H3,(H,22,23)(H,24,27)(H,25,26). The van der Waals surface area contributed by atoms with Crippen molar-refractivity contribution >= 4 is 16.9 Å². The van der Waals surface area contributed by atoms with Gasteiger partial charge >= 0.3 is 0 Å². The molecule has 136 valence electrons. The molecular weight excluding hydrogens is 340 g/mol. The number of benzene rings is 2. The summed E-state index contributed by atoms with van der Waals surface area (Å²) in [5.74, 6) is 1.43. The molecule has 0 aliphatic rings. The minimum absolute atomic E-state index is 0.0979. The van der Waals surface area contributed by atoms with Crippen molar-refractivity contribution in [3.05, 3.63) is 60.4 Å². The van der Waals surface area contributed by atoms with E-state index in [2.05, 4.69) is 25.6 Å². The average molecular weight is 360 g/mol. The lowest BCUT2D eigenvalue weighted by molar-refractivity contribution is 0.0954. The molecule has 0 aliphatic carbocycles. The number of imidazole rings is 2. The van der Waals surface area contributed by atoms with Crippen LogP contribution in [0.4, 0.5) is 0 Å². The molecule has 0 fully saturated rings. The second-order valence-corrected chi connectivity index (χ2v) is 6.16. The molecule has 0 radical (unpaired) electrons. The molecule has 0 unspecified atom stereocenters. The molecule has 4 aromatic rings. The number of nitrogens with zero attached hydrogens (tertiary/aromatic N) is 2. The summed E-state index contributed by atoms with van der Waals surface area (Å²) in [4.78, 5) is 27.8. The van der Waals surface area contributed by atoms with Gasteiger partial charge in [-0.05, 0) is 25.2 Å². The van der Waals surface area contributed by atoms with Crippen LogP contribution in [0.2, 0.25) is 0 Å². The number of aromatic amines is 2. The number of hydrogen-bond acceptors (Lipinski definition) is 4. The topological polar surface area (TPSA) is 98.5 Å². The summed E-state index contributed by atoms with van der Waals surface area (Å²) >= 11 is 0. The van der Waals surface area contributed by atoms with Gasteiger partial charge < -0.3 is 20.6 Å². The van der Waals surface area contributed by atoms with Crippen molar-refractivity contribution in [3.63, 3.8) is 0 Å². The average Bonchev–Trinajstić information content (AvgIpc) is 3.37. The quantitative estimate of drug-likeness (QED) is 0.397. The van der Waals surface area contributed by atoms with Crippen LogP contribution < -0.4 is 10.6 Å². The molecule has 4 N–H and O–H groups in total. The molecule has 1 amide bonds. The lowest BCUT2D eigenvalue weighted by Crippen LogP contribution is -2.30.